The number of rotatable bonds is 5. The summed E-state index contributed by atoms with van der Waals surface area (Å²) in [4.78, 5) is 0. The highest BCUT2D eigenvalue weighted by molar-refractivity contribution is 5.51. The number of ether oxygens (including phenoxy) is 1. The SMILES string of the molecule is C/C=C/COCC/C=[N+](\[O-])C(C)(C)C. The summed E-state index contributed by atoms with van der Waals surface area (Å²) in [6.45, 7) is 8.83. The molecule has 0 radical (unpaired) electrons. The molecule has 0 spiro atoms. The normalized spacial score (nSPS) is 13.9. The first-order chi connectivity index (χ1) is 6.48. The molecule has 0 aromatic carbocycles. The van der Waals surface area contributed by atoms with Crippen molar-refractivity contribution in [2.75, 3.05) is 13.2 Å². The Balaban J connectivity index is 3.62. The van der Waals surface area contributed by atoms with Crippen molar-refractivity contribution in [1.29, 1.82) is 0 Å². The fourth-order valence-electron chi connectivity index (χ4n) is 0.775. The smallest absolute Gasteiger partial charge is 0.164 e. The van der Waals surface area contributed by atoms with Gasteiger partial charge in [-0.2, -0.15) is 0 Å². The Morgan fingerprint density at radius 3 is 2.50 bits per heavy atom. The molecule has 0 rings (SSSR count). The van der Waals surface area contributed by atoms with Crippen LogP contribution in [0, 0.1) is 5.21 Å². The molecule has 0 saturated heterocycles. The molecule has 0 saturated carbocycles. The van der Waals surface area contributed by atoms with E-state index in [9.17, 15) is 5.21 Å². The quantitative estimate of drug-likeness (QED) is 0.170. The fraction of sp³-hybridized carbons (Fsp3) is 0.727. The van der Waals surface area contributed by atoms with Crippen molar-refractivity contribution in [3.8, 4) is 0 Å². The summed E-state index contributed by atoms with van der Waals surface area (Å²) in [5.41, 5.74) is -0.344. The van der Waals surface area contributed by atoms with Gasteiger partial charge in [-0.25, -0.2) is 4.74 Å². The van der Waals surface area contributed by atoms with E-state index in [1.54, 1.807) is 6.21 Å². The molecule has 0 amide bonds. The van der Waals surface area contributed by atoms with Gasteiger partial charge >= 0.3 is 0 Å². The topological polar surface area (TPSA) is 35.3 Å². The Morgan fingerprint density at radius 1 is 1.36 bits per heavy atom. The molecule has 0 aliphatic carbocycles. The third kappa shape index (κ3) is 6.66. The van der Waals surface area contributed by atoms with Gasteiger partial charge in [-0.05, 0) is 6.92 Å². The zero-order valence-electron chi connectivity index (χ0n) is 9.62. The molecule has 0 fully saturated rings. The van der Waals surface area contributed by atoms with Crippen LogP contribution in [0.15, 0.2) is 12.2 Å². The van der Waals surface area contributed by atoms with E-state index >= 15 is 0 Å². The lowest BCUT2D eigenvalue weighted by Crippen LogP contribution is -2.29. The van der Waals surface area contributed by atoms with Crippen LogP contribution in [-0.4, -0.2) is 29.7 Å². The number of hydroxylamine groups is 1. The summed E-state index contributed by atoms with van der Waals surface area (Å²) < 4.78 is 6.23. The monoisotopic (exact) mass is 199 g/mol. The van der Waals surface area contributed by atoms with Crippen LogP contribution in [-0.2, 0) is 4.74 Å². The van der Waals surface area contributed by atoms with Gasteiger partial charge in [-0.1, -0.05) is 12.2 Å². The zero-order valence-corrected chi connectivity index (χ0v) is 9.62. The number of hydrogen-bond donors (Lipinski definition) is 0. The Labute approximate surface area is 86.7 Å². The summed E-state index contributed by atoms with van der Waals surface area (Å²) >= 11 is 0. The molecule has 0 aromatic rings. The second-order valence-corrected chi connectivity index (χ2v) is 4.11. The summed E-state index contributed by atoms with van der Waals surface area (Å²) in [7, 11) is 0. The summed E-state index contributed by atoms with van der Waals surface area (Å²) in [6.07, 6.45) is 6.19. The van der Waals surface area contributed by atoms with E-state index in [0.717, 1.165) is 4.74 Å². The second-order valence-electron chi connectivity index (χ2n) is 4.11. The molecule has 0 aromatic heterocycles. The first-order valence-corrected chi connectivity index (χ1v) is 4.97. The molecular formula is C11H21NO2. The van der Waals surface area contributed by atoms with Gasteiger partial charge in [0.15, 0.2) is 11.8 Å². The fourth-order valence-corrected chi connectivity index (χ4v) is 0.775. The highest BCUT2D eigenvalue weighted by Crippen LogP contribution is 2.04. The van der Waals surface area contributed by atoms with E-state index in [4.69, 9.17) is 4.74 Å². The number of nitrogens with zero attached hydrogens (tertiary/aromatic N) is 1. The highest BCUT2D eigenvalue weighted by atomic mass is 16.5. The van der Waals surface area contributed by atoms with Crippen LogP contribution in [0.4, 0.5) is 0 Å². The Kier molecular flexibility index (Phi) is 6.21. The molecule has 0 unspecified atom stereocenters. The van der Waals surface area contributed by atoms with Crippen molar-refractivity contribution >= 4 is 6.21 Å². The maximum Gasteiger partial charge on any atom is 0.164 e. The lowest BCUT2D eigenvalue weighted by molar-refractivity contribution is -0.532. The van der Waals surface area contributed by atoms with Crippen molar-refractivity contribution in [1.82, 2.24) is 0 Å². The molecule has 0 aliphatic rings. The summed E-state index contributed by atoms with van der Waals surface area (Å²) in [6, 6.07) is 0. The largest absolute Gasteiger partial charge is 0.624 e. The van der Waals surface area contributed by atoms with Gasteiger partial charge in [-0.15, -0.1) is 0 Å². The predicted octanol–water partition coefficient (Wildman–Crippen LogP) is 2.35. The Bertz CT molecular complexity index is 202. The van der Waals surface area contributed by atoms with E-state index in [1.807, 2.05) is 39.8 Å². The molecule has 0 bridgehead atoms. The zero-order chi connectivity index (χ0) is 11.0. The minimum Gasteiger partial charge on any atom is -0.624 e. The van der Waals surface area contributed by atoms with Crippen molar-refractivity contribution in [3.63, 3.8) is 0 Å². The second kappa shape index (κ2) is 6.60. The molecule has 0 N–H and O–H groups in total. The molecule has 3 nitrogen and oxygen atoms in total. The van der Waals surface area contributed by atoms with Crippen LogP contribution < -0.4 is 0 Å². The molecular weight excluding hydrogens is 178 g/mol. The number of allylic oxidation sites excluding steroid dienone is 1. The van der Waals surface area contributed by atoms with Crippen LogP contribution in [0.2, 0.25) is 0 Å². The molecule has 3 heteroatoms. The first kappa shape index (κ1) is 13.2. The molecule has 0 atom stereocenters. The van der Waals surface area contributed by atoms with Crippen LogP contribution in [0.5, 0.6) is 0 Å². The van der Waals surface area contributed by atoms with Gasteiger partial charge in [-0.3, -0.25) is 0 Å². The Morgan fingerprint density at radius 2 is 2.00 bits per heavy atom. The lowest BCUT2D eigenvalue weighted by Gasteiger charge is -2.18. The minimum absolute atomic E-state index is 0.344. The molecule has 0 aliphatic heterocycles. The molecule has 14 heavy (non-hydrogen) atoms. The summed E-state index contributed by atoms with van der Waals surface area (Å²) in [5, 5.41) is 11.3. The predicted molar refractivity (Wildman–Crippen MR) is 59.7 cm³/mol. The van der Waals surface area contributed by atoms with Crippen molar-refractivity contribution in [3.05, 3.63) is 17.4 Å². The van der Waals surface area contributed by atoms with Crippen LogP contribution in [0.3, 0.4) is 0 Å². The van der Waals surface area contributed by atoms with Crippen LogP contribution in [0.25, 0.3) is 0 Å². The summed E-state index contributed by atoms with van der Waals surface area (Å²) in [5.74, 6) is 0. The van der Waals surface area contributed by atoms with Gasteiger partial charge < -0.3 is 9.94 Å². The lowest BCUT2D eigenvalue weighted by atomic mass is 10.1. The maximum absolute atomic E-state index is 11.3. The van der Waals surface area contributed by atoms with Crippen LogP contribution >= 0.6 is 0 Å². The third-order valence-corrected chi connectivity index (χ3v) is 1.67. The van der Waals surface area contributed by atoms with Crippen molar-refractivity contribution in [2.45, 2.75) is 39.7 Å². The van der Waals surface area contributed by atoms with E-state index in [2.05, 4.69) is 0 Å². The van der Waals surface area contributed by atoms with E-state index in [1.165, 1.54) is 0 Å². The highest BCUT2D eigenvalue weighted by Gasteiger charge is 2.17. The average Bonchev–Trinajstić information content (AvgIpc) is 2.09. The number of hydrogen-bond acceptors (Lipinski definition) is 2. The van der Waals surface area contributed by atoms with E-state index in [0.29, 0.717) is 19.6 Å². The van der Waals surface area contributed by atoms with Crippen molar-refractivity contribution < 1.29 is 9.48 Å². The van der Waals surface area contributed by atoms with Gasteiger partial charge in [0, 0.05) is 27.2 Å². The standard InChI is InChI=1S/C11H21NO2/c1-5-6-9-14-10-7-8-12(13)11(2,3)4/h5-6,8H,7,9-10H2,1-4H3/b6-5+,12-8-. The Hall–Kier alpha value is -0.830. The third-order valence-electron chi connectivity index (χ3n) is 1.67. The average molecular weight is 199 g/mol. The minimum atomic E-state index is -0.344. The van der Waals surface area contributed by atoms with E-state index in [-0.39, 0.29) is 5.54 Å². The first-order valence-electron chi connectivity index (χ1n) is 4.97. The maximum atomic E-state index is 11.3. The van der Waals surface area contributed by atoms with Gasteiger partial charge in [0.05, 0.1) is 13.2 Å². The molecule has 82 valence electrons. The van der Waals surface area contributed by atoms with Gasteiger partial charge in [0.1, 0.15) is 0 Å². The molecule has 0 heterocycles. The van der Waals surface area contributed by atoms with Crippen LogP contribution in [0.1, 0.15) is 34.1 Å². The van der Waals surface area contributed by atoms with Crippen molar-refractivity contribution in [2.24, 2.45) is 0 Å². The van der Waals surface area contributed by atoms with E-state index < -0.39 is 0 Å². The van der Waals surface area contributed by atoms with Gasteiger partial charge in [0.25, 0.3) is 0 Å². The van der Waals surface area contributed by atoms with Gasteiger partial charge in [0.2, 0.25) is 0 Å².